The molecule has 0 aliphatic carbocycles. The van der Waals surface area contributed by atoms with Crippen LogP contribution in [0.2, 0.25) is 0 Å². The molecule has 84 valence electrons. The minimum absolute atomic E-state index is 0.393. The Bertz CT molecular complexity index is 439. The van der Waals surface area contributed by atoms with Gasteiger partial charge in [-0.25, -0.2) is 0 Å². The van der Waals surface area contributed by atoms with E-state index < -0.39 is 0 Å². The lowest BCUT2D eigenvalue weighted by Gasteiger charge is -2.15. The van der Waals surface area contributed by atoms with Crippen LogP contribution in [0.3, 0.4) is 0 Å². The van der Waals surface area contributed by atoms with Gasteiger partial charge in [-0.2, -0.15) is 11.3 Å². The molecule has 0 amide bonds. The number of hydrogen-bond acceptors (Lipinski definition) is 2. The van der Waals surface area contributed by atoms with Crippen LogP contribution in [0.25, 0.3) is 0 Å². The summed E-state index contributed by atoms with van der Waals surface area (Å²) in [4.78, 5) is 0. The normalized spacial score (nSPS) is 12.6. The molecule has 0 radical (unpaired) electrons. The molecule has 2 aromatic rings. The van der Waals surface area contributed by atoms with E-state index in [1.807, 2.05) is 13.1 Å². The molecule has 1 atom stereocenters. The fourth-order valence-corrected chi connectivity index (χ4v) is 2.90. The van der Waals surface area contributed by atoms with Crippen molar-refractivity contribution in [3.8, 4) is 0 Å². The Hall–Kier alpha value is -0.640. The Labute approximate surface area is 109 Å². The third-order valence-corrected chi connectivity index (χ3v) is 4.15. The molecule has 16 heavy (non-hydrogen) atoms. The summed E-state index contributed by atoms with van der Waals surface area (Å²) >= 11 is 5.34. The summed E-state index contributed by atoms with van der Waals surface area (Å²) in [7, 11) is 2.01. The van der Waals surface area contributed by atoms with Crippen LogP contribution < -0.4 is 5.32 Å². The largest absolute Gasteiger partial charge is 0.313 e. The van der Waals surface area contributed by atoms with Gasteiger partial charge in [0.25, 0.3) is 0 Å². The van der Waals surface area contributed by atoms with Gasteiger partial charge in [-0.15, -0.1) is 0 Å². The molecule has 0 aliphatic heterocycles. The maximum absolute atomic E-state index is 3.59. The number of likely N-dealkylation sites (N-methyl/N-ethyl adjacent to an activating group) is 1. The highest BCUT2D eigenvalue weighted by Crippen LogP contribution is 2.24. The average Bonchev–Trinajstić information content (AvgIpc) is 2.81. The van der Waals surface area contributed by atoms with E-state index in [-0.39, 0.29) is 0 Å². The minimum Gasteiger partial charge on any atom is -0.313 e. The quantitative estimate of drug-likeness (QED) is 0.898. The van der Waals surface area contributed by atoms with Crippen LogP contribution in [0.4, 0.5) is 0 Å². The first kappa shape index (κ1) is 11.8. The Morgan fingerprint density at radius 1 is 1.31 bits per heavy atom. The van der Waals surface area contributed by atoms with E-state index in [0.717, 1.165) is 6.42 Å². The van der Waals surface area contributed by atoms with Crippen LogP contribution in [-0.4, -0.2) is 7.05 Å². The summed E-state index contributed by atoms with van der Waals surface area (Å²) < 4.78 is 1.19. The number of halogens is 1. The molecule has 1 unspecified atom stereocenters. The molecule has 0 spiro atoms. The Morgan fingerprint density at radius 3 is 2.75 bits per heavy atom. The lowest BCUT2D eigenvalue weighted by molar-refractivity contribution is 0.593. The van der Waals surface area contributed by atoms with Gasteiger partial charge in [0.2, 0.25) is 0 Å². The number of hydrogen-bond donors (Lipinski definition) is 1. The van der Waals surface area contributed by atoms with Crippen LogP contribution in [0.1, 0.15) is 17.2 Å². The average molecular weight is 296 g/mol. The summed E-state index contributed by atoms with van der Waals surface area (Å²) in [6.07, 6.45) is 1.01. The zero-order chi connectivity index (χ0) is 11.4. The number of rotatable bonds is 4. The molecule has 1 nitrogen and oxygen atoms in total. The van der Waals surface area contributed by atoms with Crippen LogP contribution >= 0.6 is 27.3 Å². The van der Waals surface area contributed by atoms with Gasteiger partial charge in [-0.3, -0.25) is 0 Å². The predicted molar refractivity (Wildman–Crippen MR) is 74.0 cm³/mol. The molecule has 0 aliphatic rings. The summed E-state index contributed by atoms with van der Waals surface area (Å²) in [6, 6.07) is 11.0. The summed E-state index contributed by atoms with van der Waals surface area (Å²) in [5, 5.41) is 7.70. The molecule has 2 rings (SSSR count). The SMILES string of the molecule is CNC(Cc1ccccc1Br)c1ccsc1. The number of nitrogens with one attached hydrogen (secondary N) is 1. The maximum atomic E-state index is 3.59. The molecule has 0 saturated carbocycles. The number of benzene rings is 1. The highest BCUT2D eigenvalue weighted by molar-refractivity contribution is 9.10. The molecule has 1 N–H and O–H groups in total. The van der Waals surface area contributed by atoms with Gasteiger partial charge in [0.15, 0.2) is 0 Å². The van der Waals surface area contributed by atoms with E-state index >= 15 is 0 Å². The zero-order valence-electron chi connectivity index (χ0n) is 9.11. The van der Waals surface area contributed by atoms with Crippen molar-refractivity contribution in [2.75, 3.05) is 7.05 Å². The van der Waals surface area contributed by atoms with E-state index in [4.69, 9.17) is 0 Å². The minimum atomic E-state index is 0.393. The molecule has 0 saturated heterocycles. The van der Waals surface area contributed by atoms with Gasteiger partial charge in [-0.05, 0) is 47.5 Å². The second-order valence-corrected chi connectivity index (χ2v) is 5.33. The lowest BCUT2D eigenvalue weighted by atomic mass is 10.0. The van der Waals surface area contributed by atoms with Gasteiger partial charge in [0.05, 0.1) is 0 Å². The molecule has 3 heteroatoms. The first-order valence-corrected chi connectivity index (χ1v) is 6.97. The van der Waals surface area contributed by atoms with Crippen molar-refractivity contribution in [3.05, 3.63) is 56.7 Å². The third kappa shape index (κ3) is 2.73. The van der Waals surface area contributed by atoms with Crippen LogP contribution in [0.5, 0.6) is 0 Å². The predicted octanol–water partition coefficient (Wildman–Crippen LogP) is 4.01. The van der Waals surface area contributed by atoms with E-state index in [2.05, 4.69) is 56.3 Å². The van der Waals surface area contributed by atoms with E-state index in [1.54, 1.807) is 11.3 Å². The second kappa shape index (κ2) is 5.62. The van der Waals surface area contributed by atoms with Crippen molar-refractivity contribution in [3.63, 3.8) is 0 Å². The standard InChI is InChI=1S/C13H14BrNS/c1-15-13(11-6-7-16-9-11)8-10-4-2-3-5-12(10)14/h2-7,9,13,15H,8H2,1H3. The van der Waals surface area contributed by atoms with Crippen LogP contribution in [-0.2, 0) is 6.42 Å². The molecule has 1 aromatic carbocycles. The van der Waals surface area contributed by atoms with Gasteiger partial charge in [-0.1, -0.05) is 34.1 Å². The van der Waals surface area contributed by atoms with Crippen LogP contribution in [0.15, 0.2) is 45.6 Å². The van der Waals surface area contributed by atoms with E-state index in [0.29, 0.717) is 6.04 Å². The van der Waals surface area contributed by atoms with Crippen molar-refractivity contribution < 1.29 is 0 Å². The van der Waals surface area contributed by atoms with Gasteiger partial charge >= 0.3 is 0 Å². The fourth-order valence-electron chi connectivity index (χ4n) is 1.74. The Morgan fingerprint density at radius 2 is 2.12 bits per heavy atom. The lowest BCUT2D eigenvalue weighted by Crippen LogP contribution is -2.18. The first-order valence-electron chi connectivity index (χ1n) is 5.24. The topological polar surface area (TPSA) is 12.0 Å². The van der Waals surface area contributed by atoms with Crippen molar-refractivity contribution in [2.45, 2.75) is 12.5 Å². The van der Waals surface area contributed by atoms with Gasteiger partial charge < -0.3 is 5.32 Å². The molecular formula is C13H14BrNS. The number of thiophene rings is 1. The van der Waals surface area contributed by atoms with Crippen molar-refractivity contribution in [1.29, 1.82) is 0 Å². The fraction of sp³-hybridized carbons (Fsp3) is 0.231. The monoisotopic (exact) mass is 295 g/mol. The van der Waals surface area contributed by atoms with Gasteiger partial charge in [0, 0.05) is 10.5 Å². The third-order valence-electron chi connectivity index (χ3n) is 2.68. The van der Waals surface area contributed by atoms with Crippen LogP contribution in [0, 0.1) is 0 Å². The summed E-state index contributed by atoms with van der Waals surface area (Å²) in [5.74, 6) is 0. The Balaban J connectivity index is 2.17. The molecule has 1 heterocycles. The van der Waals surface area contributed by atoms with Crippen molar-refractivity contribution >= 4 is 27.3 Å². The Kier molecular flexibility index (Phi) is 4.16. The molecular weight excluding hydrogens is 282 g/mol. The first-order chi connectivity index (χ1) is 7.81. The smallest absolute Gasteiger partial charge is 0.0367 e. The van der Waals surface area contributed by atoms with Crippen molar-refractivity contribution in [1.82, 2.24) is 5.32 Å². The van der Waals surface area contributed by atoms with E-state index in [9.17, 15) is 0 Å². The summed E-state index contributed by atoms with van der Waals surface area (Å²) in [5.41, 5.74) is 2.70. The summed E-state index contributed by atoms with van der Waals surface area (Å²) in [6.45, 7) is 0. The van der Waals surface area contributed by atoms with Crippen molar-refractivity contribution in [2.24, 2.45) is 0 Å². The molecule has 1 aromatic heterocycles. The molecule has 0 fully saturated rings. The van der Waals surface area contributed by atoms with Gasteiger partial charge in [0.1, 0.15) is 0 Å². The highest BCUT2D eigenvalue weighted by atomic mass is 79.9. The zero-order valence-corrected chi connectivity index (χ0v) is 11.5. The molecule has 0 bridgehead atoms. The highest BCUT2D eigenvalue weighted by Gasteiger charge is 2.11. The van der Waals surface area contributed by atoms with E-state index in [1.165, 1.54) is 15.6 Å². The second-order valence-electron chi connectivity index (χ2n) is 3.69. The maximum Gasteiger partial charge on any atom is 0.0367 e.